The van der Waals surface area contributed by atoms with Crippen molar-refractivity contribution in [3.8, 4) is 5.75 Å². The second-order valence-corrected chi connectivity index (χ2v) is 3.90. The van der Waals surface area contributed by atoms with E-state index in [4.69, 9.17) is 9.84 Å². The van der Waals surface area contributed by atoms with Crippen molar-refractivity contribution in [3.63, 3.8) is 0 Å². The van der Waals surface area contributed by atoms with E-state index in [-0.39, 0.29) is 5.56 Å². The summed E-state index contributed by atoms with van der Waals surface area (Å²) in [4.78, 5) is 10.7. The average Bonchev–Trinajstić information content (AvgIpc) is 2.26. The van der Waals surface area contributed by atoms with Gasteiger partial charge in [0.05, 0.1) is 7.11 Å². The van der Waals surface area contributed by atoms with Crippen LogP contribution in [-0.2, 0) is 4.79 Å². The van der Waals surface area contributed by atoms with Crippen molar-refractivity contribution in [2.75, 3.05) is 7.11 Å². The molecular weight excluding hydrogens is 208 g/mol. The molecular formula is C12H16O4. The molecule has 1 atom stereocenters. The molecule has 0 amide bonds. The van der Waals surface area contributed by atoms with Crippen molar-refractivity contribution in [2.24, 2.45) is 0 Å². The van der Waals surface area contributed by atoms with E-state index in [0.29, 0.717) is 11.7 Å². The van der Waals surface area contributed by atoms with E-state index in [1.54, 1.807) is 18.2 Å². The van der Waals surface area contributed by atoms with Crippen molar-refractivity contribution < 1.29 is 19.7 Å². The number of benzene rings is 1. The molecule has 1 aromatic carbocycles. The van der Waals surface area contributed by atoms with Gasteiger partial charge < -0.3 is 14.9 Å². The molecule has 0 radical (unpaired) electrons. The molecule has 4 heteroatoms. The number of hydrogen-bond donors (Lipinski definition) is 2. The predicted molar refractivity (Wildman–Crippen MR) is 59.7 cm³/mol. The van der Waals surface area contributed by atoms with Crippen molar-refractivity contribution in [1.29, 1.82) is 0 Å². The molecule has 0 heterocycles. The van der Waals surface area contributed by atoms with Crippen LogP contribution in [0.2, 0.25) is 0 Å². The quantitative estimate of drug-likeness (QED) is 0.820. The maximum atomic E-state index is 10.7. The third-order valence-electron chi connectivity index (χ3n) is 2.45. The fourth-order valence-corrected chi connectivity index (χ4v) is 1.45. The van der Waals surface area contributed by atoms with Gasteiger partial charge in [0, 0.05) is 5.56 Å². The van der Waals surface area contributed by atoms with Crippen LogP contribution in [0, 0.1) is 0 Å². The van der Waals surface area contributed by atoms with Gasteiger partial charge >= 0.3 is 5.97 Å². The van der Waals surface area contributed by atoms with Gasteiger partial charge in [-0.3, -0.25) is 0 Å². The Kier molecular flexibility index (Phi) is 3.90. The Bertz CT molecular complexity index is 385. The summed E-state index contributed by atoms with van der Waals surface area (Å²) >= 11 is 0. The van der Waals surface area contributed by atoms with E-state index < -0.39 is 12.1 Å². The highest BCUT2D eigenvalue weighted by Crippen LogP contribution is 2.29. The molecule has 0 saturated carbocycles. The van der Waals surface area contributed by atoms with Gasteiger partial charge in [-0.05, 0) is 17.5 Å². The lowest BCUT2D eigenvalue weighted by atomic mass is 9.99. The van der Waals surface area contributed by atoms with Crippen molar-refractivity contribution in [3.05, 3.63) is 29.3 Å². The summed E-state index contributed by atoms with van der Waals surface area (Å²) in [5, 5.41) is 18.2. The number of rotatable bonds is 4. The number of carbonyl (C=O) groups is 1. The van der Waals surface area contributed by atoms with E-state index >= 15 is 0 Å². The van der Waals surface area contributed by atoms with Crippen LogP contribution in [-0.4, -0.2) is 23.3 Å². The van der Waals surface area contributed by atoms with Crippen molar-refractivity contribution in [1.82, 2.24) is 0 Å². The van der Waals surface area contributed by atoms with Crippen LogP contribution in [0.3, 0.4) is 0 Å². The molecule has 2 N–H and O–H groups in total. The smallest absolute Gasteiger partial charge is 0.337 e. The minimum atomic E-state index is -1.55. The number of carboxylic acids is 1. The summed E-state index contributed by atoms with van der Waals surface area (Å²) in [7, 11) is 1.46. The van der Waals surface area contributed by atoms with Crippen LogP contribution in [0.15, 0.2) is 18.2 Å². The molecule has 0 aliphatic rings. The zero-order valence-electron chi connectivity index (χ0n) is 9.60. The molecule has 0 fully saturated rings. The second kappa shape index (κ2) is 4.99. The Labute approximate surface area is 94.5 Å². The van der Waals surface area contributed by atoms with Gasteiger partial charge in [-0.2, -0.15) is 0 Å². The molecule has 1 unspecified atom stereocenters. The van der Waals surface area contributed by atoms with Gasteiger partial charge in [-0.25, -0.2) is 4.79 Å². The molecule has 88 valence electrons. The Hall–Kier alpha value is -1.55. The molecule has 1 rings (SSSR count). The predicted octanol–water partition coefficient (Wildman–Crippen LogP) is 1.94. The molecule has 16 heavy (non-hydrogen) atoms. The van der Waals surface area contributed by atoms with Gasteiger partial charge in [0.25, 0.3) is 0 Å². The number of aliphatic carboxylic acids is 1. The molecule has 1 aromatic rings. The number of aliphatic hydroxyl groups excluding tert-OH is 1. The third-order valence-corrected chi connectivity index (χ3v) is 2.45. The number of methoxy groups -OCH3 is 1. The minimum Gasteiger partial charge on any atom is -0.496 e. The normalized spacial score (nSPS) is 12.6. The summed E-state index contributed by atoms with van der Waals surface area (Å²) in [5.41, 5.74) is 1.32. The Morgan fingerprint density at radius 1 is 1.38 bits per heavy atom. The lowest BCUT2D eigenvalue weighted by Gasteiger charge is -2.14. The van der Waals surface area contributed by atoms with Gasteiger partial charge in [-0.15, -0.1) is 0 Å². The largest absolute Gasteiger partial charge is 0.496 e. The van der Waals surface area contributed by atoms with Crippen LogP contribution in [0.4, 0.5) is 0 Å². The maximum Gasteiger partial charge on any atom is 0.337 e. The standard InChI is InChI=1S/C12H16O4/c1-7(2)8-4-5-9(10(6-8)16-3)11(13)12(14)15/h4-7,11,13H,1-3H3,(H,14,15). The van der Waals surface area contributed by atoms with Crippen LogP contribution < -0.4 is 4.74 Å². The van der Waals surface area contributed by atoms with Crippen molar-refractivity contribution >= 4 is 5.97 Å². The fraction of sp³-hybridized carbons (Fsp3) is 0.417. The minimum absolute atomic E-state index is 0.277. The number of carboxylic acid groups (broad SMARTS) is 1. The summed E-state index contributed by atoms with van der Waals surface area (Å²) in [6, 6.07) is 5.15. The lowest BCUT2D eigenvalue weighted by molar-refractivity contribution is -0.147. The van der Waals surface area contributed by atoms with Gasteiger partial charge in [0.2, 0.25) is 0 Å². The van der Waals surface area contributed by atoms with E-state index in [1.807, 2.05) is 13.8 Å². The Balaban J connectivity index is 3.16. The molecule has 0 bridgehead atoms. The zero-order chi connectivity index (χ0) is 12.3. The first kappa shape index (κ1) is 12.5. The zero-order valence-corrected chi connectivity index (χ0v) is 9.60. The highest BCUT2D eigenvalue weighted by Gasteiger charge is 2.20. The highest BCUT2D eigenvalue weighted by molar-refractivity contribution is 5.75. The van der Waals surface area contributed by atoms with E-state index in [2.05, 4.69) is 0 Å². The first-order valence-corrected chi connectivity index (χ1v) is 5.06. The summed E-state index contributed by atoms with van der Waals surface area (Å²) in [5.74, 6) is -0.554. The highest BCUT2D eigenvalue weighted by atomic mass is 16.5. The molecule has 0 aromatic heterocycles. The first-order chi connectivity index (χ1) is 7.47. The van der Waals surface area contributed by atoms with Gasteiger partial charge in [0.1, 0.15) is 5.75 Å². The number of ether oxygens (including phenoxy) is 1. The van der Waals surface area contributed by atoms with E-state index in [1.165, 1.54) is 7.11 Å². The number of aliphatic hydroxyl groups is 1. The monoisotopic (exact) mass is 224 g/mol. The lowest BCUT2D eigenvalue weighted by Crippen LogP contribution is -2.12. The van der Waals surface area contributed by atoms with Crippen LogP contribution in [0.25, 0.3) is 0 Å². The Morgan fingerprint density at radius 3 is 2.44 bits per heavy atom. The third kappa shape index (κ3) is 2.52. The topological polar surface area (TPSA) is 66.8 Å². The summed E-state index contributed by atoms with van der Waals surface area (Å²) in [6.45, 7) is 4.06. The molecule has 4 nitrogen and oxygen atoms in total. The summed E-state index contributed by atoms with van der Waals surface area (Å²) in [6.07, 6.45) is -1.55. The molecule has 0 aliphatic heterocycles. The van der Waals surface area contributed by atoms with E-state index in [9.17, 15) is 9.90 Å². The average molecular weight is 224 g/mol. The summed E-state index contributed by atoms with van der Waals surface area (Å²) < 4.78 is 5.08. The van der Waals surface area contributed by atoms with Gasteiger partial charge in [-0.1, -0.05) is 26.0 Å². The molecule has 0 saturated heterocycles. The van der Waals surface area contributed by atoms with Crippen LogP contribution in [0.5, 0.6) is 5.75 Å². The SMILES string of the molecule is COc1cc(C(C)C)ccc1C(O)C(=O)O. The number of hydrogen-bond acceptors (Lipinski definition) is 3. The second-order valence-electron chi connectivity index (χ2n) is 3.90. The molecule has 0 spiro atoms. The van der Waals surface area contributed by atoms with E-state index in [0.717, 1.165) is 5.56 Å². The Morgan fingerprint density at radius 2 is 2.00 bits per heavy atom. The van der Waals surface area contributed by atoms with Crippen molar-refractivity contribution in [2.45, 2.75) is 25.9 Å². The molecule has 0 aliphatic carbocycles. The van der Waals surface area contributed by atoms with Crippen LogP contribution in [0.1, 0.15) is 37.0 Å². The fourth-order valence-electron chi connectivity index (χ4n) is 1.45. The van der Waals surface area contributed by atoms with Gasteiger partial charge in [0.15, 0.2) is 6.10 Å². The maximum absolute atomic E-state index is 10.7. The van der Waals surface area contributed by atoms with Crippen LogP contribution >= 0.6 is 0 Å². The first-order valence-electron chi connectivity index (χ1n) is 5.06.